The van der Waals surface area contributed by atoms with E-state index in [2.05, 4.69) is 13.8 Å². The fourth-order valence-corrected chi connectivity index (χ4v) is 1.45. The molecule has 16 heavy (non-hydrogen) atoms. The molecular weight excluding hydrogens is 196 g/mol. The predicted molar refractivity (Wildman–Crippen MR) is 75.6 cm³/mol. The van der Waals surface area contributed by atoms with E-state index >= 15 is 0 Å². The SMILES string of the molecule is CCCCCCCCCCCN.CCCN. The standard InChI is InChI=1S/C11H25N.C3H9N/c1-2-3-4-5-6-7-8-9-10-11-12;1-2-3-4/h2-12H2,1H3;2-4H2,1H3. The molecule has 0 rings (SSSR count). The molecule has 0 amide bonds. The maximum absolute atomic E-state index is 5.41. The van der Waals surface area contributed by atoms with Crippen molar-refractivity contribution >= 4 is 0 Å². The summed E-state index contributed by atoms with van der Waals surface area (Å²) in [5.41, 5.74) is 10.4. The van der Waals surface area contributed by atoms with Gasteiger partial charge in [0.2, 0.25) is 0 Å². The van der Waals surface area contributed by atoms with Crippen LogP contribution < -0.4 is 11.5 Å². The lowest BCUT2D eigenvalue weighted by Gasteiger charge is -1.99. The monoisotopic (exact) mass is 230 g/mol. The van der Waals surface area contributed by atoms with Crippen LogP contribution in [0.5, 0.6) is 0 Å². The van der Waals surface area contributed by atoms with Crippen molar-refractivity contribution < 1.29 is 0 Å². The van der Waals surface area contributed by atoms with Gasteiger partial charge in [-0.05, 0) is 25.9 Å². The second-order valence-electron chi connectivity index (χ2n) is 4.41. The third kappa shape index (κ3) is 23.6. The number of nitrogens with two attached hydrogens (primary N) is 2. The molecule has 100 valence electrons. The Bertz CT molecular complexity index is 82.7. The summed E-state index contributed by atoms with van der Waals surface area (Å²) in [4.78, 5) is 0. The van der Waals surface area contributed by atoms with Crippen LogP contribution in [-0.2, 0) is 0 Å². The van der Waals surface area contributed by atoms with Crippen molar-refractivity contribution in [3.05, 3.63) is 0 Å². The maximum Gasteiger partial charge on any atom is -0.00773 e. The van der Waals surface area contributed by atoms with Crippen LogP contribution in [0.2, 0.25) is 0 Å². The van der Waals surface area contributed by atoms with Gasteiger partial charge >= 0.3 is 0 Å². The van der Waals surface area contributed by atoms with Gasteiger partial charge in [0, 0.05) is 0 Å². The summed E-state index contributed by atoms with van der Waals surface area (Å²) in [6.45, 7) is 6.01. The number of unbranched alkanes of at least 4 members (excludes halogenated alkanes) is 8. The third-order valence-electron chi connectivity index (χ3n) is 2.60. The van der Waals surface area contributed by atoms with Crippen LogP contribution in [0.1, 0.15) is 78.1 Å². The average Bonchev–Trinajstić information content (AvgIpc) is 2.33. The minimum absolute atomic E-state index is 0.819. The highest BCUT2D eigenvalue weighted by Gasteiger charge is 1.90. The second-order valence-corrected chi connectivity index (χ2v) is 4.41. The van der Waals surface area contributed by atoms with Gasteiger partial charge in [0.25, 0.3) is 0 Å². The molecule has 0 aromatic heterocycles. The lowest BCUT2D eigenvalue weighted by atomic mass is 10.1. The zero-order valence-corrected chi connectivity index (χ0v) is 11.6. The lowest BCUT2D eigenvalue weighted by molar-refractivity contribution is 0.567. The van der Waals surface area contributed by atoms with Gasteiger partial charge < -0.3 is 11.5 Å². The van der Waals surface area contributed by atoms with Crippen LogP contribution in [0.4, 0.5) is 0 Å². The Balaban J connectivity index is 0. The van der Waals surface area contributed by atoms with E-state index in [1.807, 2.05) is 0 Å². The van der Waals surface area contributed by atoms with Gasteiger partial charge in [-0.15, -0.1) is 0 Å². The number of rotatable bonds is 10. The summed E-state index contributed by atoms with van der Waals surface area (Å²) in [5, 5.41) is 0. The first-order chi connectivity index (χ1) is 7.83. The molecule has 0 spiro atoms. The highest BCUT2D eigenvalue weighted by atomic mass is 14.5. The lowest BCUT2D eigenvalue weighted by Crippen LogP contribution is -1.97. The molecule has 0 unspecified atom stereocenters. The molecule has 2 heteroatoms. The summed E-state index contributed by atoms with van der Waals surface area (Å²) in [5.74, 6) is 0. The molecule has 0 aliphatic rings. The van der Waals surface area contributed by atoms with Crippen LogP contribution >= 0.6 is 0 Å². The fraction of sp³-hybridized carbons (Fsp3) is 1.00. The highest BCUT2D eigenvalue weighted by molar-refractivity contribution is 4.46. The zero-order chi connectivity index (χ0) is 12.5. The van der Waals surface area contributed by atoms with Crippen LogP contribution in [0.3, 0.4) is 0 Å². The Morgan fingerprint density at radius 1 is 0.500 bits per heavy atom. The van der Waals surface area contributed by atoms with E-state index in [4.69, 9.17) is 11.5 Å². The fourth-order valence-electron chi connectivity index (χ4n) is 1.45. The van der Waals surface area contributed by atoms with Crippen molar-refractivity contribution in [1.82, 2.24) is 0 Å². The van der Waals surface area contributed by atoms with Crippen LogP contribution in [0, 0.1) is 0 Å². The predicted octanol–water partition coefficient (Wildman–Crippen LogP) is 3.83. The van der Waals surface area contributed by atoms with E-state index < -0.39 is 0 Å². The molecule has 0 radical (unpaired) electrons. The van der Waals surface area contributed by atoms with Crippen LogP contribution in [0.15, 0.2) is 0 Å². The molecule has 0 fully saturated rings. The molecular formula is C14H34N2. The first-order valence-corrected chi connectivity index (χ1v) is 7.23. The zero-order valence-electron chi connectivity index (χ0n) is 11.6. The van der Waals surface area contributed by atoms with Crippen molar-refractivity contribution in [2.45, 2.75) is 78.1 Å². The number of hydrogen-bond acceptors (Lipinski definition) is 2. The van der Waals surface area contributed by atoms with Gasteiger partial charge in [0.05, 0.1) is 0 Å². The van der Waals surface area contributed by atoms with Gasteiger partial charge in [0.15, 0.2) is 0 Å². The van der Waals surface area contributed by atoms with Gasteiger partial charge in [-0.1, -0.05) is 65.2 Å². The van der Waals surface area contributed by atoms with Crippen molar-refractivity contribution in [3.63, 3.8) is 0 Å². The Morgan fingerprint density at radius 2 is 0.875 bits per heavy atom. The maximum atomic E-state index is 5.41. The molecule has 0 heterocycles. The molecule has 0 saturated carbocycles. The Labute approximate surface area is 103 Å². The minimum atomic E-state index is 0.819. The van der Waals surface area contributed by atoms with Gasteiger partial charge in [-0.25, -0.2) is 0 Å². The second kappa shape index (κ2) is 20.3. The van der Waals surface area contributed by atoms with E-state index in [1.54, 1.807) is 0 Å². The Morgan fingerprint density at radius 3 is 1.19 bits per heavy atom. The molecule has 0 aromatic carbocycles. The smallest absolute Gasteiger partial charge is 0.00773 e. The minimum Gasteiger partial charge on any atom is -0.330 e. The summed E-state index contributed by atoms with van der Waals surface area (Å²) in [7, 11) is 0. The third-order valence-corrected chi connectivity index (χ3v) is 2.60. The van der Waals surface area contributed by atoms with Gasteiger partial charge in [0.1, 0.15) is 0 Å². The Kier molecular flexibility index (Phi) is 23.3. The average molecular weight is 230 g/mol. The molecule has 0 aromatic rings. The number of hydrogen-bond donors (Lipinski definition) is 2. The largest absolute Gasteiger partial charge is 0.330 e. The quantitative estimate of drug-likeness (QED) is 0.560. The van der Waals surface area contributed by atoms with Crippen molar-refractivity contribution in [2.75, 3.05) is 13.1 Å². The van der Waals surface area contributed by atoms with Gasteiger partial charge in [-0.3, -0.25) is 0 Å². The highest BCUT2D eigenvalue weighted by Crippen LogP contribution is 2.08. The van der Waals surface area contributed by atoms with E-state index in [-0.39, 0.29) is 0 Å². The normalized spacial score (nSPS) is 9.75. The van der Waals surface area contributed by atoms with E-state index in [0.29, 0.717) is 0 Å². The van der Waals surface area contributed by atoms with E-state index in [0.717, 1.165) is 19.5 Å². The van der Waals surface area contributed by atoms with E-state index in [9.17, 15) is 0 Å². The topological polar surface area (TPSA) is 52.0 Å². The molecule has 4 N–H and O–H groups in total. The molecule has 2 nitrogen and oxygen atoms in total. The molecule has 0 saturated heterocycles. The molecule has 0 aliphatic carbocycles. The summed E-state index contributed by atoms with van der Waals surface area (Å²) >= 11 is 0. The summed E-state index contributed by atoms with van der Waals surface area (Å²) in [6, 6.07) is 0. The van der Waals surface area contributed by atoms with Crippen molar-refractivity contribution in [1.29, 1.82) is 0 Å². The summed E-state index contributed by atoms with van der Waals surface area (Å²) in [6.07, 6.45) is 13.6. The first-order valence-electron chi connectivity index (χ1n) is 7.23. The first kappa shape index (κ1) is 18.3. The van der Waals surface area contributed by atoms with Crippen molar-refractivity contribution in [3.8, 4) is 0 Å². The van der Waals surface area contributed by atoms with E-state index in [1.165, 1.54) is 57.8 Å². The molecule has 0 aliphatic heterocycles. The Hall–Kier alpha value is -0.0800. The van der Waals surface area contributed by atoms with Crippen LogP contribution in [-0.4, -0.2) is 13.1 Å². The van der Waals surface area contributed by atoms with Gasteiger partial charge in [-0.2, -0.15) is 0 Å². The van der Waals surface area contributed by atoms with Crippen LogP contribution in [0.25, 0.3) is 0 Å². The summed E-state index contributed by atoms with van der Waals surface area (Å²) < 4.78 is 0. The molecule has 0 atom stereocenters. The van der Waals surface area contributed by atoms with Crippen molar-refractivity contribution in [2.24, 2.45) is 11.5 Å². The molecule has 0 bridgehead atoms.